The van der Waals surface area contributed by atoms with E-state index in [9.17, 15) is 4.79 Å². The first-order valence-electron chi connectivity index (χ1n) is 4.81. The molecule has 1 aromatic carbocycles. The Morgan fingerprint density at radius 1 is 1.19 bits per heavy atom. The van der Waals surface area contributed by atoms with Gasteiger partial charge in [-0.2, -0.15) is 5.10 Å². The van der Waals surface area contributed by atoms with Gasteiger partial charge in [-0.25, -0.2) is 9.48 Å². The summed E-state index contributed by atoms with van der Waals surface area (Å²) in [6, 6.07) is 9.59. The molecule has 4 nitrogen and oxygen atoms in total. The van der Waals surface area contributed by atoms with Crippen LogP contribution in [0.4, 0.5) is 0 Å². The molecule has 1 heterocycles. The van der Waals surface area contributed by atoms with Crippen molar-refractivity contribution in [3.63, 3.8) is 0 Å². The molecule has 0 bridgehead atoms. The molecule has 82 valence electrons. The topological polar surface area (TPSA) is 39.8 Å². The number of hydrogen-bond acceptors (Lipinski definition) is 3. The Labute approximate surface area is 97.8 Å². The van der Waals surface area contributed by atoms with Crippen LogP contribution in [0.1, 0.15) is 0 Å². The predicted molar refractivity (Wildman–Crippen MR) is 64.7 cm³/mol. The number of aromatic nitrogens is 3. The number of hydrogen-bond donors (Lipinski definition) is 0. The maximum absolute atomic E-state index is 11.6. The van der Waals surface area contributed by atoms with Crippen LogP contribution in [0.2, 0.25) is 0 Å². The molecule has 0 aliphatic heterocycles. The highest BCUT2D eigenvalue weighted by atomic mass is 32.1. The first kappa shape index (κ1) is 10.8. The number of nitrogens with zero attached hydrogens (tertiary/aromatic N) is 3. The van der Waals surface area contributed by atoms with Gasteiger partial charge in [0.05, 0.1) is 0 Å². The minimum absolute atomic E-state index is 0.218. The maximum Gasteiger partial charge on any atom is 0.345 e. The number of rotatable bonds is 1. The van der Waals surface area contributed by atoms with Crippen LogP contribution in [-0.4, -0.2) is 14.3 Å². The van der Waals surface area contributed by atoms with Gasteiger partial charge in [-0.3, -0.25) is 4.57 Å². The van der Waals surface area contributed by atoms with Crippen LogP contribution in [0.3, 0.4) is 0 Å². The van der Waals surface area contributed by atoms with Crippen molar-refractivity contribution in [2.45, 2.75) is 0 Å². The summed E-state index contributed by atoms with van der Waals surface area (Å²) in [6.07, 6.45) is 0. The van der Waals surface area contributed by atoms with Gasteiger partial charge in [0, 0.05) is 19.7 Å². The average Bonchev–Trinajstić information content (AvgIpc) is 2.32. The highest BCUT2D eigenvalue weighted by Gasteiger charge is 2.06. The average molecular weight is 233 g/mol. The van der Waals surface area contributed by atoms with Crippen molar-refractivity contribution in [3.8, 4) is 11.3 Å². The Kier molecular flexibility index (Phi) is 2.70. The van der Waals surface area contributed by atoms with Gasteiger partial charge in [0.2, 0.25) is 0 Å². The van der Waals surface area contributed by atoms with Crippen molar-refractivity contribution < 1.29 is 0 Å². The van der Waals surface area contributed by atoms with Crippen LogP contribution in [0.25, 0.3) is 11.3 Å². The van der Waals surface area contributed by atoms with Crippen molar-refractivity contribution >= 4 is 12.2 Å². The number of benzene rings is 1. The molecule has 0 fully saturated rings. The summed E-state index contributed by atoms with van der Waals surface area (Å²) in [5.74, 6) is 0. The Morgan fingerprint density at radius 2 is 1.81 bits per heavy atom. The van der Waals surface area contributed by atoms with E-state index < -0.39 is 0 Å². The highest BCUT2D eigenvalue weighted by Crippen LogP contribution is 2.15. The molecule has 0 aliphatic carbocycles. The third-order valence-corrected chi connectivity index (χ3v) is 2.84. The summed E-state index contributed by atoms with van der Waals surface area (Å²) in [4.78, 5) is 11.6. The maximum atomic E-state index is 11.6. The van der Waals surface area contributed by atoms with E-state index in [0.29, 0.717) is 10.3 Å². The SMILES string of the molecule is Cn1nc(-c2ccccc2)c(=S)n(C)c1=O. The van der Waals surface area contributed by atoms with Crippen molar-refractivity contribution in [2.24, 2.45) is 14.1 Å². The van der Waals surface area contributed by atoms with E-state index in [1.807, 2.05) is 30.3 Å². The molecule has 5 heteroatoms. The van der Waals surface area contributed by atoms with Gasteiger partial charge in [-0.05, 0) is 0 Å². The first-order chi connectivity index (χ1) is 7.61. The molecule has 1 aromatic heterocycles. The summed E-state index contributed by atoms with van der Waals surface area (Å²) in [7, 11) is 3.27. The van der Waals surface area contributed by atoms with Crippen LogP contribution >= 0.6 is 12.2 Å². The Balaban J connectivity index is 2.78. The lowest BCUT2D eigenvalue weighted by atomic mass is 10.2. The Bertz CT molecular complexity index is 628. The Morgan fingerprint density at radius 3 is 2.44 bits per heavy atom. The van der Waals surface area contributed by atoms with Crippen molar-refractivity contribution in [2.75, 3.05) is 0 Å². The fraction of sp³-hybridized carbons (Fsp3) is 0.182. The second kappa shape index (κ2) is 4.02. The van der Waals surface area contributed by atoms with Crippen molar-refractivity contribution in [3.05, 3.63) is 45.5 Å². The molecule has 0 N–H and O–H groups in total. The molecule has 0 saturated carbocycles. The molecule has 0 spiro atoms. The van der Waals surface area contributed by atoms with E-state index in [1.165, 1.54) is 9.25 Å². The Hall–Kier alpha value is -1.75. The molecule has 0 amide bonds. The molecule has 0 aliphatic rings. The van der Waals surface area contributed by atoms with E-state index in [0.717, 1.165) is 5.56 Å². The highest BCUT2D eigenvalue weighted by molar-refractivity contribution is 7.71. The zero-order valence-electron chi connectivity index (χ0n) is 9.04. The second-order valence-corrected chi connectivity index (χ2v) is 3.87. The lowest BCUT2D eigenvalue weighted by Gasteiger charge is -2.06. The van der Waals surface area contributed by atoms with Crippen LogP contribution in [0, 0.1) is 4.64 Å². The molecule has 0 radical (unpaired) electrons. The van der Waals surface area contributed by atoms with Crippen LogP contribution in [0.5, 0.6) is 0 Å². The summed E-state index contributed by atoms with van der Waals surface area (Å²) in [6.45, 7) is 0. The molecule has 2 rings (SSSR count). The van der Waals surface area contributed by atoms with Crippen LogP contribution < -0.4 is 5.69 Å². The second-order valence-electron chi connectivity index (χ2n) is 3.48. The minimum Gasteiger partial charge on any atom is -0.284 e. The fourth-order valence-corrected chi connectivity index (χ4v) is 1.71. The van der Waals surface area contributed by atoms with Crippen LogP contribution in [0.15, 0.2) is 35.1 Å². The molecule has 0 unspecified atom stereocenters. The zero-order valence-corrected chi connectivity index (χ0v) is 9.86. The third-order valence-electron chi connectivity index (χ3n) is 2.37. The van der Waals surface area contributed by atoms with Gasteiger partial charge in [0.1, 0.15) is 10.3 Å². The molecular formula is C11H11N3OS. The summed E-state index contributed by atoms with van der Waals surface area (Å²) >= 11 is 5.21. The van der Waals surface area contributed by atoms with E-state index in [4.69, 9.17) is 12.2 Å². The summed E-state index contributed by atoms with van der Waals surface area (Å²) < 4.78 is 3.16. The largest absolute Gasteiger partial charge is 0.345 e. The molecule has 2 aromatic rings. The van der Waals surface area contributed by atoms with E-state index in [1.54, 1.807) is 14.1 Å². The predicted octanol–water partition coefficient (Wildman–Crippen LogP) is 1.52. The zero-order chi connectivity index (χ0) is 11.7. The third kappa shape index (κ3) is 1.69. The van der Waals surface area contributed by atoms with Crippen molar-refractivity contribution in [1.29, 1.82) is 0 Å². The van der Waals surface area contributed by atoms with Gasteiger partial charge < -0.3 is 0 Å². The molecule has 0 saturated heterocycles. The molecule has 0 atom stereocenters. The first-order valence-corrected chi connectivity index (χ1v) is 5.22. The lowest BCUT2D eigenvalue weighted by Crippen LogP contribution is -2.30. The van der Waals surface area contributed by atoms with Crippen LogP contribution in [-0.2, 0) is 14.1 Å². The molecular weight excluding hydrogens is 222 g/mol. The van der Waals surface area contributed by atoms with Gasteiger partial charge in [0.25, 0.3) is 0 Å². The number of aryl methyl sites for hydroxylation is 1. The van der Waals surface area contributed by atoms with Gasteiger partial charge >= 0.3 is 5.69 Å². The summed E-state index contributed by atoms with van der Waals surface area (Å²) in [5, 5.41) is 4.18. The quantitative estimate of drug-likeness (QED) is 0.701. The van der Waals surface area contributed by atoms with Gasteiger partial charge in [-0.15, -0.1) is 0 Å². The lowest BCUT2D eigenvalue weighted by molar-refractivity contribution is 0.615. The van der Waals surface area contributed by atoms with Gasteiger partial charge in [-0.1, -0.05) is 42.5 Å². The minimum atomic E-state index is -0.218. The standard InChI is InChI=1S/C11H11N3OS/c1-13-10(16)9(12-14(2)11(13)15)8-6-4-3-5-7-8/h3-7H,1-2H3. The van der Waals surface area contributed by atoms with E-state index in [-0.39, 0.29) is 5.69 Å². The van der Waals surface area contributed by atoms with E-state index >= 15 is 0 Å². The summed E-state index contributed by atoms with van der Waals surface area (Å²) in [5.41, 5.74) is 1.35. The smallest absolute Gasteiger partial charge is 0.284 e. The van der Waals surface area contributed by atoms with E-state index in [2.05, 4.69) is 5.10 Å². The molecule has 16 heavy (non-hydrogen) atoms. The monoisotopic (exact) mass is 233 g/mol. The van der Waals surface area contributed by atoms with Crippen molar-refractivity contribution in [1.82, 2.24) is 14.3 Å². The van der Waals surface area contributed by atoms with Gasteiger partial charge in [0.15, 0.2) is 0 Å². The fourth-order valence-electron chi connectivity index (χ4n) is 1.48. The normalized spacial score (nSPS) is 10.4.